The normalized spacial score (nSPS) is 13.4. The molecular formula is C14H9F6N5O. The lowest BCUT2D eigenvalue weighted by Gasteiger charge is -2.13. The fraction of sp³-hybridized carbons (Fsp3) is 0.286. The van der Waals surface area contributed by atoms with Crippen molar-refractivity contribution < 1.29 is 31.1 Å². The second kappa shape index (κ2) is 6.42. The molecule has 0 saturated carbocycles. The average molecular weight is 377 g/mol. The van der Waals surface area contributed by atoms with Gasteiger partial charge in [-0.3, -0.25) is 9.38 Å². The van der Waals surface area contributed by atoms with Gasteiger partial charge in [-0.1, -0.05) is 0 Å². The zero-order valence-electron chi connectivity index (χ0n) is 12.9. The molecule has 26 heavy (non-hydrogen) atoms. The highest BCUT2D eigenvalue weighted by Crippen LogP contribution is 2.29. The average Bonchev–Trinajstić information content (AvgIpc) is 2.99. The van der Waals surface area contributed by atoms with Crippen molar-refractivity contribution in [1.82, 2.24) is 24.6 Å². The number of rotatable bonds is 4. The van der Waals surface area contributed by atoms with Crippen LogP contribution in [0.25, 0.3) is 16.9 Å². The number of fused-ring (bicyclic) bond motifs is 1. The van der Waals surface area contributed by atoms with Crippen LogP contribution in [0.5, 0.6) is 5.88 Å². The van der Waals surface area contributed by atoms with E-state index in [4.69, 9.17) is 0 Å². The van der Waals surface area contributed by atoms with Gasteiger partial charge in [-0.25, -0.2) is 18.2 Å². The van der Waals surface area contributed by atoms with Crippen molar-refractivity contribution in [3.8, 4) is 17.1 Å². The Morgan fingerprint density at radius 3 is 2.46 bits per heavy atom. The molecule has 0 aliphatic rings. The SMILES string of the molecule is C[C@@H](Oc1ncc(-c2cn3c(C(F)(F)F)nnc3cn2)cc1F)C(F)F. The largest absolute Gasteiger partial charge is 0.466 e. The quantitative estimate of drug-likeness (QED) is 0.653. The second-order valence-electron chi connectivity index (χ2n) is 5.19. The highest BCUT2D eigenvalue weighted by Gasteiger charge is 2.37. The maximum Gasteiger partial charge on any atom is 0.452 e. The van der Waals surface area contributed by atoms with Crippen molar-refractivity contribution in [1.29, 1.82) is 0 Å². The molecule has 0 aromatic carbocycles. The fourth-order valence-electron chi connectivity index (χ4n) is 2.02. The first kappa shape index (κ1) is 17.9. The van der Waals surface area contributed by atoms with Crippen LogP contribution >= 0.6 is 0 Å². The Balaban J connectivity index is 1.97. The molecule has 0 N–H and O–H groups in total. The number of ether oxygens (including phenoxy) is 1. The minimum Gasteiger partial charge on any atom is -0.466 e. The van der Waals surface area contributed by atoms with Gasteiger partial charge in [0.2, 0.25) is 5.82 Å². The topological polar surface area (TPSA) is 65.2 Å². The molecule has 0 amide bonds. The zero-order chi connectivity index (χ0) is 19.1. The molecule has 0 aliphatic heterocycles. The standard InChI is InChI=1S/C14H9F6N5O/c1-6(11(16)17)26-12-8(15)2-7(3-22-12)9-5-25-10(4-21-9)23-24-13(25)14(18,19)20/h2-6,11H,1H3/t6-/m1/s1. The molecule has 0 spiro atoms. The minimum absolute atomic E-state index is 0.0169. The van der Waals surface area contributed by atoms with E-state index in [1.807, 2.05) is 0 Å². The number of pyridine rings is 1. The fourth-order valence-corrected chi connectivity index (χ4v) is 2.02. The van der Waals surface area contributed by atoms with E-state index < -0.39 is 36.2 Å². The van der Waals surface area contributed by atoms with E-state index in [9.17, 15) is 26.3 Å². The highest BCUT2D eigenvalue weighted by atomic mass is 19.4. The number of alkyl halides is 5. The van der Waals surface area contributed by atoms with Crippen LogP contribution in [0.3, 0.4) is 0 Å². The third kappa shape index (κ3) is 3.39. The zero-order valence-corrected chi connectivity index (χ0v) is 12.9. The van der Waals surface area contributed by atoms with E-state index in [1.165, 1.54) is 0 Å². The second-order valence-corrected chi connectivity index (χ2v) is 5.19. The molecule has 1 atom stereocenters. The number of aromatic nitrogens is 5. The predicted octanol–water partition coefficient (Wildman–Crippen LogP) is 3.38. The summed E-state index contributed by atoms with van der Waals surface area (Å²) in [5.74, 6) is -2.98. The molecule has 0 aliphatic carbocycles. The Kier molecular flexibility index (Phi) is 4.42. The van der Waals surface area contributed by atoms with E-state index in [2.05, 4.69) is 24.9 Å². The van der Waals surface area contributed by atoms with Crippen molar-refractivity contribution in [2.75, 3.05) is 0 Å². The van der Waals surface area contributed by atoms with E-state index in [0.717, 1.165) is 31.6 Å². The lowest BCUT2D eigenvalue weighted by atomic mass is 10.2. The van der Waals surface area contributed by atoms with Crippen molar-refractivity contribution >= 4 is 5.65 Å². The molecule has 138 valence electrons. The Labute approximate surface area is 141 Å². The van der Waals surface area contributed by atoms with Crippen molar-refractivity contribution in [3.05, 3.63) is 36.3 Å². The van der Waals surface area contributed by atoms with Gasteiger partial charge < -0.3 is 4.74 Å². The Morgan fingerprint density at radius 1 is 1.12 bits per heavy atom. The van der Waals surface area contributed by atoms with Crippen LogP contribution in [0.4, 0.5) is 26.3 Å². The first-order chi connectivity index (χ1) is 12.2. The van der Waals surface area contributed by atoms with Crippen LogP contribution in [0.1, 0.15) is 12.7 Å². The molecule has 0 bridgehead atoms. The van der Waals surface area contributed by atoms with Crippen LogP contribution in [0, 0.1) is 5.82 Å². The van der Waals surface area contributed by atoms with Crippen LogP contribution in [0.15, 0.2) is 24.7 Å². The van der Waals surface area contributed by atoms with E-state index in [1.54, 1.807) is 0 Å². The summed E-state index contributed by atoms with van der Waals surface area (Å²) in [4.78, 5) is 7.46. The van der Waals surface area contributed by atoms with E-state index in [0.29, 0.717) is 4.40 Å². The summed E-state index contributed by atoms with van der Waals surface area (Å²) in [6, 6.07) is 0.867. The lowest BCUT2D eigenvalue weighted by molar-refractivity contribution is -0.145. The number of hydrogen-bond donors (Lipinski definition) is 0. The van der Waals surface area contributed by atoms with E-state index in [-0.39, 0.29) is 16.9 Å². The lowest BCUT2D eigenvalue weighted by Crippen LogP contribution is -2.22. The predicted molar refractivity (Wildman–Crippen MR) is 75.1 cm³/mol. The van der Waals surface area contributed by atoms with Crippen LogP contribution < -0.4 is 4.74 Å². The molecular weight excluding hydrogens is 368 g/mol. The third-order valence-corrected chi connectivity index (χ3v) is 3.30. The summed E-state index contributed by atoms with van der Waals surface area (Å²) in [5, 5.41) is 6.40. The molecule has 0 fully saturated rings. The molecule has 0 unspecified atom stereocenters. The van der Waals surface area contributed by atoms with Gasteiger partial charge in [-0.2, -0.15) is 13.2 Å². The highest BCUT2D eigenvalue weighted by molar-refractivity contribution is 5.59. The van der Waals surface area contributed by atoms with Crippen LogP contribution in [0.2, 0.25) is 0 Å². The molecule has 3 aromatic heterocycles. The minimum atomic E-state index is -4.75. The summed E-state index contributed by atoms with van der Waals surface area (Å²) in [6.45, 7) is 1.04. The summed E-state index contributed by atoms with van der Waals surface area (Å²) >= 11 is 0. The molecule has 0 saturated heterocycles. The number of hydrogen-bond acceptors (Lipinski definition) is 5. The van der Waals surface area contributed by atoms with E-state index >= 15 is 0 Å². The summed E-state index contributed by atoms with van der Waals surface area (Å²) in [5.41, 5.74) is -0.189. The van der Waals surface area contributed by atoms with Gasteiger partial charge in [0.25, 0.3) is 12.3 Å². The van der Waals surface area contributed by atoms with Gasteiger partial charge in [0.05, 0.1) is 11.9 Å². The Morgan fingerprint density at radius 2 is 1.85 bits per heavy atom. The molecule has 3 aromatic rings. The smallest absolute Gasteiger partial charge is 0.452 e. The molecule has 3 rings (SSSR count). The van der Waals surface area contributed by atoms with Gasteiger partial charge in [0, 0.05) is 18.0 Å². The first-order valence-corrected chi connectivity index (χ1v) is 7.05. The monoisotopic (exact) mass is 377 g/mol. The van der Waals surface area contributed by atoms with Crippen LogP contribution in [-0.4, -0.2) is 37.1 Å². The summed E-state index contributed by atoms with van der Waals surface area (Å²) in [6.07, 6.45) is -6.12. The van der Waals surface area contributed by atoms with Gasteiger partial charge in [-0.05, 0) is 13.0 Å². The van der Waals surface area contributed by atoms with Crippen LogP contribution in [-0.2, 0) is 6.18 Å². The number of halogens is 6. The van der Waals surface area contributed by atoms with Gasteiger partial charge >= 0.3 is 6.18 Å². The van der Waals surface area contributed by atoms with Crippen molar-refractivity contribution in [3.63, 3.8) is 0 Å². The maximum atomic E-state index is 14.0. The van der Waals surface area contributed by atoms with Crippen molar-refractivity contribution in [2.45, 2.75) is 25.6 Å². The molecule has 3 heterocycles. The molecule has 0 radical (unpaired) electrons. The Hall–Kier alpha value is -2.92. The van der Waals surface area contributed by atoms with Gasteiger partial charge in [-0.15, -0.1) is 10.2 Å². The summed E-state index contributed by atoms with van der Waals surface area (Å²) < 4.78 is 82.9. The molecule has 6 nitrogen and oxygen atoms in total. The Bertz CT molecular complexity index is 941. The first-order valence-electron chi connectivity index (χ1n) is 7.05. The van der Waals surface area contributed by atoms with Gasteiger partial charge in [0.15, 0.2) is 17.6 Å². The van der Waals surface area contributed by atoms with Gasteiger partial charge in [0.1, 0.15) is 0 Å². The van der Waals surface area contributed by atoms with Crippen molar-refractivity contribution in [2.24, 2.45) is 0 Å². The maximum absolute atomic E-state index is 14.0. The molecule has 12 heteroatoms. The summed E-state index contributed by atoms with van der Waals surface area (Å²) in [7, 11) is 0. The third-order valence-electron chi connectivity index (χ3n) is 3.30. The number of nitrogens with zero attached hydrogens (tertiary/aromatic N) is 5.